The second-order valence-electron chi connectivity index (χ2n) is 3.03. The van der Waals surface area contributed by atoms with Crippen molar-refractivity contribution in [2.24, 2.45) is 5.73 Å². The minimum atomic E-state index is 0.467. The molecule has 0 fully saturated rings. The summed E-state index contributed by atoms with van der Waals surface area (Å²) in [4.78, 5) is 4.15. The van der Waals surface area contributed by atoms with E-state index in [9.17, 15) is 0 Å². The number of hydrogen-bond donors (Lipinski definition) is 1. The van der Waals surface area contributed by atoms with Gasteiger partial charge in [-0.1, -0.05) is 0 Å². The van der Waals surface area contributed by atoms with Gasteiger partial charge in [-0.25, -0.2) is 4.98 Å². The van der Waals surface area contributed by atoms with Gasteiger partial charge in [-0.15, -0.1) is 0 Å². The van der Waals surface area contributed by atoms with Crippen LogP contribution in [-0.4, -0.2) is 19.3 Å². The third-order valence-electron chi connectivity index (χ3n) is 2.09. The molecule has 0 aliphatic carbocycles. The molecule has 2 N–H and O–H groups in total. The summed E-state index contributed by atoms with van der Waals surface area (Å²) in [6.45, 7) is 3.39. The smallest absolute Gasteiger partial charge is 0.0996 e. The second-order valence-corrected chi connectivity index (χ2v) is 3.03. The highest BCUT2D eigenvalue weighted by atomic mass is 15.3. The molecule has 0 unspecified atom stereocenters. The lowest BCUT2D eigenvalue weighted by Crippen LogP contribution is -1.95. The molecule has 0 aliphatic heterocycles. The summed E-state index contributed by atoms with van der Waals surface area (Å²) in [6, 6.07) is 0. The van der Waals surface area contributed by atoms with Gasteiger partial charge in [0.1, 0.15) is 0 Å². The predicted molar refractivity (Wildman–Crippen MR) is 52.9 cm³/mol. The van der Waals surface area contributed by atoms with Crippen molar-refractivity contribution in [2.75, 3.05) is 0 Å². The SMILES string of the molecule is CCn1cc(-n2cnc(CN)c2)cn1. The highest BCUT2D eigenvalue weighted by molar-refractivity contribution is 5.26. The average Bonchev–Trinajstić information content (AvgIpc) is 2.86. The molecule has 0 amide bonds. The molecule has 0 saturated carbocycles. The Hall–Kier alpha value is -1.62. The van der Waals surface area contributed by atoms with Crippen LogP contribution in [0.1, 0.15) is 12.6 Å². The van der Waals surface area contributed by atoms with Crippen LogP contribution in [0.5, 0.6) is 0 Å². The van der Waals surface area contributed by atoms with Crippen molar-refractivity contribution in [3.8, 4) is 5.69 Å². The largest absolute Gasteiger partial charge is 0.325 e. The summed E-state index contributed by atoms with van der Waals surface area (Å²) < 4.78 is 3.79. The van der Waals surface area contributed by atoms with Crippen LogP contribution in [-0.2, 0) is 13.1 Å². The van der Waals surface area contributed by atoms with Gasteiger partial charge in [-0.3, -0.25) is 4.68 Å². The van der Waals surface area contributed by atoms with Gasteiger partial charge < -0.3 is 10.3 Å². The standard InChI is InChI=1S/C9H13N5/c1-2-14-6-9(4-12-14)13-5-8(3-10)11-7-13/h4-7H,2-3,10H2,1H3. The van der Waals surface area contributed by atoms with E-state index in [2.05, 4.69) is 17.0 Å². The highest BCUT2D eigenvalue weighted by Crippen LogP contribution is 2.06. The van der Waals surface area contributed by atoms with E-state index < -0.39 is 0 Å². The van der Waals surface area contributed by atoms with Crippen molar-refractivity contribution >= 4 is 0 Å². The van der Waals surface area contributed by atoms with Crippen molar-refractivity contribution in [1.82, 2.24) is 19.3 Å². The zero-order valence-electron chi connectivity index (χ0n) is 8.09. The van der Waals surface area contributed by atoms with E-state index in [0.29, 0.717) is 6.54 Å². The third-order valence-corrected chi connectivity index (χ3v) is 2.09. The van der Waals surface area contributed by atoms with Gasteiger partial charge in [0.15, 0.2) is 0 Å². The van der Waals surface area contributed by atoms with Crippen LogP contribution in [0.15, 0.2) is 24.9 Å². The number of rotatable bonds is 3. The minimum absolute atomic E-state index is 0.467. The zero-order valence-corrected chi connectivity index (χ0v) is 8.09. The molecule has 2 heterocycles. The molecule has 0 radical (unpaired) electrons. The van der Waals surface area contributed by atoms with E-state index >= 15 is 0 Å². The lowest BCUT2D eigenvalue weighted by molar-refractivity contribution is 0.659. The summed E-state index contributed by atoms with van der Waals surface area (Å²) in [5, 5.41) is 4.18. The van der Waals surface area contributed by atoms with E-state index in [1.165, 1.54) is 0 Å². The Labute approximate surface area is 82.2 Å². The molecule has 0 bridgehead atoms. The first-order valence-corrected chi connectivity index (χ1v) is 4.59. The quantitative estimate of drug-likeness (QED) is 0.770. The maximum Gasteiger partial charge on any atom is 0.0996 e. The van der Waals surface area contributed by atoms with Gasteiger partial charge in [-0.2, -0.15) is 5.10 Å². The van der Waals surface area contributed by atoms with Crippen molar-refractivity contribution in [3.05, 3.63) is 30.6 Å². The summed E-state index contributed by atoms with van der Waals surface area (Å²) in [6.07, 6.45) is 7.45. The summed E-state index contributed by atoms with van der Waals surface area (Å²) in [7, 11) is 0. The summed E-state index contributed by atoms with van der Waals surface area (Å²) in [5.41, 5.74) is 7.37. The molecular weight excluding hydrogens is 178 g/mol. The molecule has 0 saturated heterocycles. The van der Waals surface area contributed by atoms with Crippen molar-refractivity contribution in [3.63, 3.8) is 0 Å². The van der Waals surface area contributed by atoms with Crippen LogP contribution in [0.4, 0.5) is 0 Å². The molecule has 0 aliphatic rings. The van der Waals surface area contributed by atoms with Crippen LogP contribution in [0.25, 0.3) is 5.69 Å². The average molecular weight is 191 g/mol. The monoisotopic (exact) mass is 191 g/mol. The van der Waals surface area contributed by atoms with Crippen LogP contribution >= 0.6 is 0 Å². The molecule has 5 heteroatoms. The fraction of sp³-hybridized carbons (Fsp3) is 0.333. The predicted octanol–water partition coefficient (Wildman–Crippen LogP) is 0.547. The topological polar surface area (TPSA) is 61.7 Å². The van der Waals surface area contributed by atoms with Crippen molar-refractivity contribution < 1.29 is 0 Å². The zero-order chi connectivity index (χ0) is 9.97. The van der Waals surface area contributed by atoms with Crippen molar-refractivity contribution in [2.45, 2.75) is 20.0 Å². The lowest BCUT2D eigenvalue weighted by atomic mass is 10.5. The van der Waals surface area contributed by atoms with Gasteiger partial charge in [-0.05, 0) is 6.92 Å². The van der Waals surface area contributed by atoms with E-state index in [4.69, 9.17) is 5.73 Å². The number of aryl methyl sites for hydroxylation is 1. The van der Waals surface area contributed by atoms with Gasteiger partial charge in [0.2, 0.25) is 0 Å². The Morgan fingerprint density at radius 3 is 2.86 bits per heavy atom. The van der Waals surface area contributed by atoms with Gasteiger partial charge in [0.05, 0.1) is 23.9 Å². The Balaban J connectivity index is 2.29. The van der Waals surface area contributed by atoms with E-state index in [-0.39, 0.29) is 0 Å². The molecule has 0 aromatic carbocycles. The Morgan fingerprint density at radius 1 is 1.43 bits per heavy atom. The van der Waals surface area contributed by atoms with Crippen LogP contribution in [0.3, 0.4) is 0 Å². The number of hydrogen-bond acceptors (Lipinski definition) is 3. The number of nitrogens with zero attached hydrogens (tertiary/aromatic N) is 4. The number of nitrogens with two attached hydrogens (primary N) is 1. The molecule has 0 spiro atoms. The third kappa shape index (κ3) is 1.54. The van der Waals surface area contributed by atoms with Crippen LogP contribution in [0.2, 0.25) is 0 Å². The fourth-order valence-electron chi connectivity index (χ4n) is 1.27. The molecule has 2 aromatic rings. The first-order chi connectivity index (χ1) is 6.83. The molecule has 2 aromatic heterocycles. The minimum Gasteiger partial charge on any atom is -0.325 e. The number of aromatic nitrogens is 4. The molecule has 74 valence electrons. The van der Waals surface area contributed by atoms with E-state index in [0.717, 1.165) is 17.9 Å². The Morgan fingerprint density at radius 2 is 2.29 bits per heavy atom. The Bertz CT molecular complexity index is 374. The highest BCUT2D eigenvalue weighted by Gasteiger charge is 2.01. The van der Waals surface area contributed by atoms with Crippen molar-refractivity contribution in [1.29, 1.82) is 0 Å². The first-order valence-electron chi connectivity index (χ1n) is 4.59. The maximum atomic E-state index is 5.48. The molecule has 14 heavy (non-hydrogen) atoms. The maximum absolute atomic E-state index is 5.48. The normalized spacial score (nSPS) is 10.7. The van der Waals surface area contributed by atoms with Gasteiger partial charge >= 0.3 is 0 Å². The molecule has 5 nitrogen and oxygen atoms in total. The summed E-state index contributed by atoms with van der Waals surface area (Å²) >= 11 is 0. The molecule has 0 atom stereocenters. The Kier molecular flexibility index (Phi) is 2.32. The lowest BCUT2D eigenvalue weighted by Gasteiger charge is -1.94. The van der Waals surface area contributed by atoms with E-state index in [1.54, 1.807) is 6.33 Å². The van der Waals surface area contributed by atoms with Crippen LogP contribution < -0.4 is 5.73 Å². The number of imidazole rings is 1. The molecule has 2 rings (SSSR count). The molecular formula is C9H13N5. The first kappa shape index (κ1) is 8.96. The van der Waals surface area contributed by atoms with Crippen LogP contribution in [0, 0.1) is 0 Å². The van der Waals surface area contributed by atoms with E-state index in [1.807, 2.05) is 27.8 Å². The fourth-order valence-corrected chi connectivity index (χ4v) is 1.27. The van der Waals surface area contributed by atoms with Gasteiger partial charge in [0.25, 0.3) is 0 Å². The summed E-state index contributed by atoms with van der Waals surface area (Å²) in [5.74, 6) is 0. The second kappa shape index (κ2) is 3.63. The van der Waals surface area contributed by atoms with Gasteiger partial charge in [0, 0.05) is 25.5 Å².